The Morgan fingerprint density at radius 2 is 1.97 bits per heavy atom. The summed E-state index contributed by atoms with van der Waals surface area (Å²) in [6.07, 6.45) is 6.57. The zero-order valence-electron chi connectivity index (χ0n) is 16.5. The van der Waals surface area contributed by atoms with Crippen molar-refractivity contribution >= 4 is 17.7 Å². The summed E-state index contributed by atoms with van der Waals surface area (Å²) in [7, 11) is 1.78. The molecule has 0 aliphatic heterocycles. The maximum absolute atomic E-state index is 12.9. The zero-order chi connectivity index (χ0) is 20.3. The minimum Gasteiger partial charge on any atom is -0.356 e. The number of nitrogens with zero attached hydrogens (tertiary/aromatic N) is 3. The minimum atomic E-state index is -0.196. The third kappa shape index (κ3) is 7.27. The van der Waals surface area contributed by atoms with E-state index in [-0.39, 0.29) is 5.82 Å². The summed E-state index contributed by atoms with van der Waals surface area (Å²) < 4.78 is 15.0. The molecule has 29 heavy (non-hydrogen) atoms. The Morgan fingerprint density at radius 3 is 2.72 bits per heavy atom. The molecule has 1 aromatic heterocycles. The molecule has 1 heterocycles. The molecule has 3 aromatic rings. The van der Waals surface area contributed by atoms with Gasteiger partial charge in [0.05, 0.1) is 6.33 Å². The van der Waals surface area contributed by atoms with Gasteiger partial charge in [0.15, 0.2) is 5.96 Å². The Bertz CT molecular complexity index is 894. The average molecular weight is 412 g/mol. The van der Waals surface area contributed by atoms with Crippen molar-refractivity contribution in [2.75, 3.05) is 19.3 Å². The van der Waals surface area contributed by atoms with E-state index in [1.54, 1.807) is 25.0 Å². The predicted octanol–water partition coefficient (Wildman–Crippen LogP) is 3.92. The highest BCUT2D eigenvalue weighted by molar-refractivity contribution is 7.99. The molecule has 5 nitrogen and oxygen atoms in total. The van der Waals surface area contributed by atoms with Crippen LogP contribution in [0.4, 0.5) is 4.39 Å². The van der Waals surface area contributed by atoms with Gasteiger partial charge in [0.2, 0.25) is 0 Å². The van der Waals surface area contributed by atoms with E-state index in [4.69, 9.17) is 0 Å². The van der Waals surface area contributed by atoms with Crippen molar-refractivity contribution in [1.29, 1.82) is 0 Å². The first-order valence-corrected chi connectivity index (χ1v) is 10.6. The second-order valence-corrected chi connectivity index (χ2v) is 7.73. The van der Waals surface area contributed by atoms with E-state index in [0.717, 1.165) is 36.1 Å². The Morgan fingerprint density at radius 1 is 1.14 bits per heavy atom. The Labute approximate surface area is 175 Å². The van der Waals surface area contributed by atoms with Crippen LogP contribution in [0.5, 0.6) is 0 Å². The molecule has 3 rings (SSSR count). The lowest BCUT2D eigenvalue weighted by Gasteiger charge is -2.12. The number of imidazole rings is 1. The van der Waals surface area contributed by atoms with Crippen LogP contribution in [-0.2, 0) is 13.1 Å². The maximum atomic E-state index is 12.9. The van der Waals surface area contributed by atoms with E-state index in [1.807, 2.05) is 24.7 Å². The smallest absolute Gasteiger partial charge is 0.191 e. The molecular weight excluding hydrogens is 385 g/mol. The first kappa shape index (κ1) is 20.9. The number of aliphatic imine (C=N–C) groups is 1. The van der Waals surface area contributed by atoms with Gasteiger partial charge in [0, 0.05) is 44.0 Å². The van der Waals surface area contributed by atoms with Crippen LogP contribution in [0.1, 0.15) is 17.5 Å². The average Bonchev–Trinajstić information content (AvgIpc) is 3.25. The third-order valence-electron chi connectivity index (χ3n) is 4.30. The highest BCUT2D eigenvalue weighted by Crippen LogP contribution is 2.18. The van der Waals surface area contributed by atoms with Crippen LogP contribution in [0, 0.1) is 5.82 Å². The largest absolute Gasteiger partial charge is 0.356 e. The molecule has 0 unspecified atom stereocenters. The summed E-state index contributed by atoms with van der Waals surface area (Å²) in [5, 5.41) is 6.70. The van der Waals surface area contributed by atoms with Crippen molar-refractivity contribution in [3.63, 3.8) is 0 Å². The molecule has 2 aromatic carbocycles. The molecule has 0 atom stereocenters. The first-order valence-electron chi connectivity index (χ1n) is 9.59. The second-order valence-electron chi connectivity index (χ2n) is 6.56. The zero-order valence-corrected chi connectivity index (χ0v) is 17.3. The third-order valence-corrected chi connectivity index (χ3v) is 5.39. The van der Waals surface area contributed by atoms with Crippen LogP contribution < -0.4 is 10.6 Å². The van der Waals surface area contributed by atoms with Crippen molar-refractivity contribution in [1.82, 2.24) is 20.2 Å². The van der Waals surface area contributed by atoms with Gasteiger partial charge in [-0.15, -0.1) is 11.8 Å². The monoisotopic (exact) mass is 411 g/mol. The van der Waals surface area contributed by atoms with Gasteiger partial charge in [-0.05, 0) is 47.6 Å². The number of thioether (sulfide) groups is 1. The van der Waals surface area contributed by atoms with Gasteiger partial charge in [-0.1, -0.05) is 24.3 Å². The van der Waals surface area contributed by atoms with Crippen molar-refractivity contribution in [2.24, 2.45) is 4.99 Å². The molecule has 0 saturated carbocycles. The molecule has 0 aliphatic rings. The lowest BCUT2D eigenvalue weighted by molar-refractivity contribution is 0.626. The van der Waals surface area contributed by atoms with Gasteiger partial charge in [-0.2, -0.15) is 0 Å². The normalized spacial score (nSPS) is 11.4. The Balaban J connectivity index is 1.37. The number of rotatable bonds is 9. The van der Waals surface area contributed by atoms with Crippen LogP contribution in [0.3, 0.4) is 0 Å². The van der Waals surface area contributed by atoms with E-state index in [0.29, 0.717) is 6.54 Å². The molecule has 0 amide bonds. The van der Waals surface area contributed by atoms with Crippen molar-refractivity contribution in [3.05, 3.63) is 84.2 Å². The maximum Gasteiger partial charge on any atom is 0.191 e. The van der Waals surface area contributed by atoms with E-state index in [1.165, 1.54) is 23.3 Å². The van der Waals surface area contributed by atoms with Gasteiger partial charge in [0.1, 0.15) is 5.82 Å². The van der Waals surface area contributed by atoms with Crippen molar-refractivity contribution < 1.29 is 4.39 Å². The first-order chi connectivity index (χ1) is 14.2. The summed E-state index contributed by atoms with van der Waals surface area (Å²) in [6.45, 7) is 2.35. The summed E-state index contributed by atoms with van der Waals surface area (Å²) in [4.78, 5) is 9.46. The Hall–Kier alpha value is -2.80. The number of halogens is 1. The fraction of sp³-hybridized carbons (Fsp3) is 0.273. The topological polar surface area (TPSA) is 54.2 Å². The molecule has 0 saturated heterocycles. The fourth-order valence-electron chi connectivity index (χ4n) is 2.84. The molecule has 0 bridgehead atoms. The van der Waals surface area contributed by atoms with Gasteiger partial charge >= 0.3 is 0 Å². The molecule has 7 heteroatoms. The van der Waals surface area contributed by atoms with Crippen molar-refractivity contribution in [2.45, 2.75) is 24.4 Å². The highest BCUT2D eigenvalue weighted by atomic mass is 32.2. The second kappa shape index (κ2) is 11.3. The van der Waals surface area contributed by atoms with Crippen LogP contribution >= 0.6 is 11.8 Å². The molecule has 152 valence electrons. The number of benzene rings is 2. The van der Waals surface area contributed by atoms with E-state index in [2.05, 4.69) is 49.4 Å². The van der Waals surface area contributed by atoms with Gasteiger partial charge in [0.25, 0.3) is 0 Å². The summed E-state index contributed by atoms with van der Waals surface area (Å²) >= 11 is 1.73. The number of aromatic nitrogens is 2. The lowest BCUT2D eigenvalue weighted by Crippen LogP contribution is -2.37. The number of nitrogens with one attached hydrogen (secondary N) is 2. The summed E-state index contributed by atoms with van der Waals surface area (Å²) in [5.41, 5.74) is 2.44. The summed E-state index contributed by atoms with van der Waals surface area (Å²) in [6, 6.07) is 15.1. The van der Waals surface area contributed by atoms with E-state index >= 15 is 0 Å². The summed E-state index contributed by atoms with van der Waals surface area (Å²) in [5.74, 6) is 1.56. The molecule has 0 aliphatic carbocycles. The number of hydrogen-bond donors (Lipinski definition) is 2. The SMILES string of the molecule is CN=C(NCCCSc1ccc(F)cc1)NCc1cccc(Cn2ccnc2)c1. The molecule has 2 N–H and O–H groups in total. The number of guanidine groups is 1. The lowest BCUT2D eigenvalue weighted by atomic mass is 10.1. The molecule has 0 fully saturated rings. The van der Waals surface area contributed by atoms with Crippen LogP contribution in [0.2, 0.25) is 0 Å². The van der Waals surface area contributed by atoms with Crippen LogP contribution in [0.15, 0.2) is 77.1 Å². The Kier molecular flexibility index (Phi) is 8.12. The van der Waals surface area contributed by atoms with Gasteiger partial charge in [-0.3, -0.25) is 4.99 Å². The standard InChI is InChI=1S/C22H26FN5S/c1-24-22(26-10-3-13-29-21-8-6-20(23)7-9-21)27-15-18-4-2-5-19(14-18)16-28-12-11-25-17-28/h2,4-9,11-12,14,17H,3,10,13,15-16H2,1H3,(H2,24,26,27). The molecular formula is C22H26FN5S. The minimum absolute atomic E-state index is 0.196. The predicted molar refractivity (Wildman–Crippen MR) is 118 cm³/mol. The van der Waals surface area contributed by atoms with Crippen molar-refractivity contribution in [3.8, 4) is 0 Å². The van der Waals surface area contributed by atoms with Crippen LogP contribution in [-0.4, -0.2) is 34.9 Å². The van der Waals surface area contributed by atoms with Gasteiger partial charge in [-0.25, -0.2) is 9.37 Å². The van der Waals surface area contributed by atoms with E-state index < -0.39 is 0 Å². The van der Waals surface area contributed by atoms with Crippen LogP contribution in [0.25, 0.3) is 0 Å². The van der Waals surface area contributed by atoms with E-state index in [9.17, 15) is 4.39 Å². The fourth-order valence-corrected chi connectivity index (χ4v) is 3.69. The molecule has 0 spiro atoms. The number of hydrogen-bond acceptors (Lipinski definition) is 3. The highest BCUT2D eigenvalue weighted by Gasteiger charge is 2.01. The quantitative estimate of drug-likeness (QED) is 0.243. The molecule has 0 radical (unpaired) electrons. The van der Waals surface area contributed by atoms with Gasteiger partial charge < -0.3 is 15.2 Å².